The molecule has 0 saturated carbocycles. The molecule has 0 spiro atoms. The predicted octanol–water partition coefficient (Wildman–Crippen LogP) is 2.26. The van der Waals surface area contributed by atoms with Gasteiger partial charge in [0, 0.05) is 6.20 Å². The van der Waals surface area contributed by atoms with Gasteiger partial charge in [0.25, 0.3) is 0 Å². The summed E-state index contributed by atoms with van der Waals surface area (Å²) in [5, 5.41) is 0. The van der Waals surface area contributed by atoms with Crippen molar-refractivity contribution in [2.24, 2.45) is 0 Å². The summed E-state index contributed by atoms with van der Waals surface area (Å²) in [6.07, 6.45) is 2.81. The molecule has 2 heterocycles. The van der Waals surface area contributed by atoms with Crippen LogP contribution in [0.25, 0.3) is 0 Å². The van der Waals surface area contributed by atoms with Crippen LogP contribution in [0.4, 0.5) is 0 Å². The summed E-state index contributed by atoms with van der Waals surface area (Å²) < 4.78 is 5.39. The third-order valence-corrected chi connectivity index (χ3v) is 2.88. The molecule has 1 aromatic heterocycles. The van der Waals surface area contributed by atoms with E-state index in [1.54, 1.807) is 0 Å². The van der Waals surface area contributed by atoms with Crippen LogP contribution in [-0.4, -0.2) is 11.6 Å². The Balaban J connectivity index is 2.52. The molecule has 1 unspecified atom stereocenters. The Morgan fingerprint density at radius 2 is 2.50 bits per heavy atom. The summed E-state index contributed by atoms with van der Waals surface area (Å²) in [5.41, 5.74) is 2.40. The Morgan fingerprint density at radius 1 is 1.67 bits per heavy atom. The minimum Gasteiger partial charge on any atom is -0.358 e. The van der Waals surface area contributed by atoms with Gasteiger partial charge in [-0.05, 0) is 47.6 Å². The lowest BCUT2D eigenvalue weighted by Crippen LogP contribution is -2.27. The summed E-state index contributed by atoms with van der Waals surface area (Å²) in [6, 6.07) is 4.11. The van der Waals surface area contributed by atoms with Crippen molar-refractivity contribution in [1.29, 1.82) is 0 Å². The highest BCUT2D eigenvalue weighted by Crippen LogP contribution is 2.36. The van der Waals surface area contributed by atoms with Crippen LogP contribution in [0.15, 0.2) is 18.3 Å². The Hall–Kier alpha value is -0.160. The molecule has 0 aromatic carbocycles. The number of aromatic nitrogens is 1. The van der Waals surface area contributed by atoms with Crippen molar-refractivity contribution in [3.05, 3.63) is 29.6 Å². The zero-order valence-electron chi connectivity index (χ0n) is 6.88. The van der Waals surface area contributed by atoms with Crippen molar-refractivity contribution in [1.82, 2.24) is 4.98 Å². The molecule has 0 N–H and O–H groups in total. The first-order chi connectivity index (χ1) is 5.70. The van der Waals surface area contributed by atoms with Crippen LogP contribution < -0.4 is 0 Å². The lowest BCUT2D eigenvalue weighted by atomic mass is 10.1. The van der Waals surface area contributed by atoms with Crippen molar-refractivity contribution in [3.8, 4) is 0 Å². The van der Waals surface area contributed by atoms with Gasteiger partial charge in [0.2, 0.25) is 0 Å². The molecule has 0 saturated heterocycles. The number of alkyl halides is 1. The second kappa shape index (κ2) is 2.96. The number of pyridine rings is 1. The van der Waals surface area contributed by atoms with Crippen LogP contribution in [0.5, 0.6) is 0 Å². The highest BCUT2D eigenvalue weighted by molar-refractivity contribution is 14.1. The topological polar surface area (TPSA) is 22.1 Å². The van der Waals surface area contributed by atoms with Crippen LogP contribution >= 0.6 is 22.6 Å². The van der Waals surface area contributed by atoms with Crippen molar-refractivity contribution >= 4 is 22.6 Å². The van der Waals surface area contributed by atoms with E-state index in [9.17, 15) is 0 Å². The molecule has 1 aliphatic heterocycles. The van der Waals surface area contributed by atoms with Crippen LogP contribution in [0, 0.1) is 0 Å². The highest BCUT2D eigenvalue weighted by Gasteiger charge is 2.31. The van der Waals surface area contributed by atoms with E-state index in [1.807, 2.05) is 12.3 Å². The zero-order chi connectivity index (χ0) is 8.60. The fourth-order valence-electron chi connectivity index (χ4n) is 1.46. The third kappa shape index (κ3) is 1.35. The van der Waals surface area contributed by atoms with Gasteiger partial charge in [-0.2, -0.15) is 0 Å². The van der Waals surface area contributed by atoms with Gasteiger partial charge in [-0.1, -0.05) is 6.07 Å². The summed E-state index contributed by atoms with van der Waals surface area (Å²) in [5.74, 6) is 0. The summed E-state index contributed by atoms with van der Waals surface area (Å²) in [7, 11) is 0. The molecule has 0 aliphatic carbocycles. The number of halogens is 1. The number of hydrogen-bond acceptors (Lipinski definition) is 2. The summed E-state index contributed by atoms with van der Waals surface area (Å²) in [4.78, 5) is 4.34. The number of ether oxygens (including phenoxy) is 1. The Labute approximate surface area is 85.5 Å². The predicted molar refractivity (Wildman–Crippen MR) is 55.3 cm³/mol. The minimum atomic E-state index is -0.230. The van der Waals surface area contributed by atoms with E-state index in [1.165, 1.54) is 5.56 Å². The Bertz CT molecular complexity index is 298. The van der Waals surface area contributed by atoms with E-state index in [0.717, 1.165) is 18.7 Å². The van der Waals surface area contributed by atoms with Crippen molar-refractivity contribution in [2.75, 3.05) is 6.61 Å². The molecule has 12 heavy (non-hydrogen) atoms. The van der Waals surface area contributed by atoms with Gasteiger partial charge in [0.1, 0.15) is 0 Å². The van der Waals surface area contributed by atoms with E-state index in [2.05, 4.69) is 40.6 Å². The maximum absolute atomic E-state index is 5.62. The molecule has 2 nitrogen and oxygen atoms in total. The van der Waals surface area contributed by atoms with Crippen LogP contribution in [-0.2, 0) is 14.8 Å². The van der Waals surface area contributed by atoms with Crippen LogP contribution in [0.2, 0.25) is 0 Å². The fourth-order valence-corrected chi connectivity index (χ4v) is 2.17. The van der Waals surface area contributed by atoms with Crippen molar-refractivity contribution in [3.63, 3.8) is 0 Å². The van der Waals surface area contributed by atoms with Gasteiger partial charge >= 0.3 is 0 Å². The van der Waals surface area contributed by atoms with Gasteiger partial charge in [-0.3, -0.25) is 4.98 Å². The van der Waals surface area contributed by atoms with E-state index >= 15 is 0 Å². The smallest absolute Gasteiger partial charge is 0.158 e. The Kier molecular flexibility index (Phi) is 2.08. The zero-order valence-corrected chi connectivity index (χ0v) is 9.04. The third-order valence-electron chi connectivity index (χ3n) is 2.06. The van der Waals surface area contributed by atoms with E-state index in [-0.39, 0.29) is 3.61 Å². The normalized spacial score (nSPS) is 28.2. The second-order valence-electron chi connectivity index (χ2n) is 3.03. The van der Waals surface area contributed by atoms with Gasteiger partial charge in [0.15, 0.2) is 3.61 Å². The van der Waals surface area contributed by atoms with Gasteiger partial charge in [-0.15, -0.1) is 0 Å². The summed E-state index contributed by atoms with van der Waals surface area (Å²) in [6.45, 7) is 2.86. The molecule has 3 heteroatoms. The maximum Gasteiger partial charge on any atom is 0.158 e. The van der Waals surface area contributed by atoms with E-state index in [4.69, 9.17) is 4.74 Å². The molecule has 64 valence electrons. The molecular formula is C9H10INO. The molecule has 0 amide bonds. The van der Waals surface area contributed by atoms with Gasteiger partial charge in [0.05, 0.1) is 12.3 Å². The van der Waals surface area contributed by atoms with Crippen LogP contribution in [0.1, 0.15) is 18.2 Å². The molecule has 1 aromatic rings. The lowest BCUT2D eigenvalue weighted by Gasteiger charge is -2.29. The van der Waals surface area contributed by atoms with E-state index < -0.39 is 0 Å². The fraction of sp³-hybridized carbons (Fsp3) is 0.444. The average Bonchev–Trinajstić information content (AvgIpc) is 2.04. The maximum atomic E-state index is 5.62. The average molecular weight is 275 g/mol. The number of nitrogens with zero attached hydrogens (tertiary/aromatic N) is 1. The quantitative estimate of drug-likeness (QED) is 0.535. The molecule has 0 fully saturated rings. The van der Waals surface area contributed by atoms with E-state index in [0.29, 0.717) is 0 Å². The standard InChI is InChI=1S/C9H10INO/c1-9(10)8-7(4-6-12-9)3-2-5-11-8/h2-3,5H,4,6H2,1H3. The number of fused-ring (bicyclic) bond motifs is 1. The highest BCUT2D eigenvalue weighted by atomic mass is 127. The lowest BCUT2D eigenvalue weighted by molar-refractivity contribution is 0.0369. The van der Waals surface area contributed by atoms with Gasteiger partial charge < -0.3 is 4.74 Å². The molecular weight excluding hydrogens is 265 g/mol. The molecule has 0 bridgehead atoms. The largest absolute Gasteiger partial charge is 0.358 e. The molecule has 1 aliphatic rings. The molecule has 2 rings (SSSR count). The molecule has 0 radical (unpaired) electrons. The summed E-state index contributed by atoms with van der Waals surface area (Å²) >= 11 is 2.30. The Morgan fingerprint density at radius 3 is 3.25 bits per heavy atom. The van der Waals surface area contributed by atoms with Crippen molar-refractivity contribution < 1.29 is 4.74 Å². The van der Waals surface area contributed by atoms with Crippen molar-refractivity contribution in [2.45, 2.75) is 17.0 Å². The first-order valence-corrected chi connectivity index (χ1v) is 5.05. The minimum absolute atomic E-state index is 0.230. The number of hydrogen-bond donors (Lipinski definition) is 0. The number of rotatable bonds is 0. The first kappa shape index (κ1) is 8.44. The second-order valence-corrected chi connectivity index (χ2v) is 5.08. The SMILES string of the molecule is CC1(I)OCCc2cccnc21. The molecule has 1 atom stereocenters. The van der Waals surface area contributed by atoms with Crippen LogP contribution in [0.3, 0.4) is 0 Å². The monoisotopic (exact) mass is 275 g/mol. The van der Waals surface area contributed by atoms with Gasteiger partial charge in [-0.25, -0.2) is 0 Å². The first-order valence-electron chi connectivity index (χ1n) is 3.97.